The number of benzene rings is 1. The van der Waals surface area contributed by atoms with Gasteiger partial charge in [-0.05, 0) is 80.8 Å². The van der Waals surface area contributed by atoms with Crippen LogP contribution in [0.15, 0.2) is 29.8 Å². The maximum atomic E-state index is 13.5. The fraction of sp³-hybridized carbons (Fsp3) is 0.474. The van der Waals surface area contributed by atoms with Crippen LogP contribution < -0.4 is 0 Å². The van der Waals surface area contributed by atoms with Crippen LogP contribution in [0.25, 0.3) is 15.7 Å². The summed E-state index contributed by atoms with van der Waals surface area (Å²) in [6, 6.07) is 7.44. The van der Waals surface area contributed by atoms with E-state index in [0.717, 1.165) is 23.1 Å². The molecule has 0 radical (unpaired) electrons. The molecule has 1 heterocycles. The van der Waals surface area contributed by atoms with Gasteiger partial charge in [-0.3, -0.25) is 0 Å². The quantitative estimate of drug-likeness (QED) is 0.755. The predicted molar refractivity (Wildman–Crippen MR) is 92.7 cm³/mol. The molecule has 1 saturated carbocycles. The normalized spacial score (nSPS) is 24.7. The van der Waals surface area contributed by atoms with Crippen LogP contribution in [0.2, 0.25) is 0 Å². The number of rotatable bonds is 3. The Morgan fingerprint density at radius 3 is 2.91 bits per heavy atom. The molecule has 0 amide bonds. The molecular weight excluding hydrogens is 293 g/mol. The Hall–Kier alpha value is -1.19. The lowest BCUT2D eigenvalue weighted by atomic mass is 9.82. The zero-order valence-electron chi connectivity index (χ0n) is 13.2. The third kappa shape index (κ3) is 2.50. The van der Waals surface area contributed by atoms with Crippen molar-refractivity contribution < 1.29 is 4.39 Å². The largest absolute Gasteiger partial charge is 0.305 e. The van der Waals surface area contributed by atoms with Gasteiger partial charge in [0.1, 0.15) is 5.82 Å². The van der Waals surface area contributed by atoms with E-state index in [1.54, 1.807) is 34.6 Å². The first-order chi connectivity index (χ1) is 10.6. The van der Waals surface area contributed by atoms with Gasteiger partial charge in [0.15, 0.2) is 0 Å². The van der Waals surface area contributed by atoms with Crippen LogP contribution >= 0.6 is 11.3 Å². The second kappa shape index (κ2) is 5.47. The molecule has 2 bridgehead atoms. The molecule has 3 heteroatoms. The number of thiophene rings is 1. The predicted octanol–water partition coefficient (Wildman–Crippen LogP) is 5.18. The molecule has 2 aromatic rings. The summed E-state index contributed by atoms with van der Waals surface area (Å²) in [4.78, 5) is 3.66. The van der Waals surface area contributed by atoms with Crippen molar-refractivity contribution in [1.82, 2.24) is 4.90 Å². The second-order valence-electron chi connectivity index (χ2n) is 7.13. The van der Waals surface area contributed by atoms with Gasteiger partial charge in [-0.15, -0.1) is 11.3 Å². The SMILES string of the molecule is CN(C)CC1=C(c2cc3ccc(F)cc3s2)[C@H]2CC[C@@H](C1)C2. The number of likely N-dealkylation sites (N-methyl/N-ethyl adjacent to an activating group) is 1. The lowest BCUT2D eigenvalue weighted by molar-refractivity contribution is 0.413. The van der Waals surface area contributed by atoms with Crippen LogP contribution in [0, 0.1) is 17.7 Å². The second-order valence-corrected chi connectivity index (χ2v) is 8.21. The van der Waals surface area contributed by atoms with Crippen LogP contribution in [0.1, 0.15) is 30.6 Å². The Bertz CT molecular complexity index is 743. The Balaban J connectivity index is 1.82. The van der Waals surface area contributed by atoms with Crippen molar-refractivity contribution in [2.24, 2.45) is 11.8 Å². The van der Waals surface area contributed by atoms with E-state index in [0.29, 0.717) is 0 Å². The van der Waals surface area contributed by atoms with Gasteiger partial charge in [0.05, 0.1) is 0 Å². The Kier molecular flexibility index (Phi) is 3.58. The van der Waals surface area contributed by atoms with E-state index in [1.807, 2.05) is 6.07 Å². The average molecular weight is 315 g/mol. The number of allylic oxidation sites excluding steroid dienone is 1. The molecule has 1 fully saturated rings. The molecule has 116 valence electrons. The van der Waals surface area contributed by atoms with Gasteiger partial charge in [-0.25, -0.2) is 4.39 Å². The Morgan fingerprint density at radius 1 is 1.23 bits per heavy atom. The Morgan fingerprint density at radius 2 is 2.09 bits per heavy atom. The van der Waals surface area contributed by atoms with Gasteiger partial charge < -0.3 is 4.90 Å². The standard InChI is InChI=1S/C19H22FNS/c1-21(2)11-15-8-12-3-4-14(7-12)19(15)18-9-13-5-6-16(20)10-17(13)22-18/h5-6,9-10,12,14H,3-4,7-8,11H2,1-2H3/t12-,14+/m1/s1. The smallest absolute Gasteiger partial charge is 0.124 e. The van der Waals surface area contributed by atoms with Gasteiger partial charge in [0.2, 0.25) is 0 Å². The highest BCUT2D eigenvalue weighted by atomic mass is 32.1. The zero-order valence-corrected chi connectivity index (χ0v) is 14.0. The summed E-state index contributed by atoms with van der Waals surface area (Å²) in [5, 5.41) is 1.18. The molecule has 2 aliphatic carbocycles. The van der Waals surface area contributed by atoms with Crippen molar-refractivity contribution in [1.29, 1.82) is 0 Å². The van der Waals surface area contributed by atoms with Crippen molar-refractivity contribution in [3.05, 3.63) is 40.5 Å². The first kappa shape index (κ1) is 14.4. The van der Waals surface area contributed by atoms with Gasteiger partial charge >= 0.3 is 0 Å². The van der Waals surface area contributed by atoms with Crippen LogP contribution in [-0.4, -0.2) is 25.5 Å². The topological polar surface area (TPSA) is 3.24 Å². The van der Waals surface area contributed by atoms with Crippen LogP contribution in [0.4, 0.5) is 4.39 Å². The molecule has 1 aromatic heterocycles. The lowest BCUT2D eigenvalue weighted by Gasteiger charge is -2.28. The highest BCUT2D eigenvalue weighted by Gasteiger charge is 2.35. The summed E-state index contributed by atoms with van der Waals surface area (Å²) >= 11 is 1.77. The molecular formula is C19H22FNS. The summed E-state index contributed by atoms with van der Waals surface area (Å²) < 4.78 is 14.6. The molecule has 0 aliphatic heterocycles. The fourth-order valence-corrected chi connectivity index (χ4v) is 5.57. The summed E-state index contributed by atoms with van der Waals surface area (Å²) in [6.45, 7) is 1.06. The molecule has 0 N–H and O–H groups in total. The van der Waals surface area contributed by atoms with Gasteiger partial charge in [-0.1, -0.05) is 11.6 Å². The van der Waals surface area contributed by atoms with Gasteiger partial charge in [0.25, 0.3) is 0 Å². The molecule has 1 aromatic carbocycles. The molecule has 4 rings (SSSR count). The van der Waals surface area contributed by atoms with Crippen LogP contribution in [-0.2, 0) is 0 Å². The van der Waals surface area contributed by atoms with Gasteiger partial charge in [0, 0.05) is 16.1 Å². The van der Waals surface area contributed by atoms with Crippen molar-refractivity contribution in [2.45, 2.75) is 25.7 Å². The first-order valence-electron chi connectivity index (χ1n) is 8.16. The van der Waals surface area contributed by atoms with E-state index in [1.165, 1.54) is 35.9 Å². The monoisotopic (exact) mass is 315 g/mol. The molecule has 0 spiro atoms. The summed E-state index contributed by atoms with van der Waals surface area (Å²) in [6.07, 6.45) is 5.33. The fourth-order valence-electron chi connectivity index (χ4n) is 4.31. The van der Waals surface area contributed by atoms with Crippen LogP contribution in [0.3, 0.4) is 0 Å². The first-order valence-corrected chi connectivity index (χ1v) is 8.98. The van der Waals surface area contributed by atoms with E-state index in [-0.39, 0.29) is 5.82 Å². The van der Waals surface area contributed by atoms with E-state index in [9.17, 15) is 4.39 Å². The molecule has 22 heavy (non-hydrogen) atoms. The van der Waals surface area contributed by atoms with E-state index in [2.05, 4.69) is 25.1 Å². The molecule has 0 saturated heterocycles. The number of fused-ring (bicyclic) bond motifs is 3. The summed E-state index contributed by atoms with van der Waals surface area (Å²) in [7, 11) is 4.31. The molecule has 0 unspecified atom stereocenters. The van der Waals surface area contributed by atoms with Crippen molar-refractivity contribution in [3.63, 3.8) is 0 Å². The third-order valence-corrected chi connectivity index (χ3v) is 6.25. The van der Waals surface area contributed by atoms with E-state index in [4.69, 9.17) is 0 Å². The maximum Gasteiger partial charge on any atom is 0.124 e. The average Bonchev–Trinajstić information content (AvgIpc) is 3.02. The number of hydrogen-bond acceptors (Lipinski definition) is 2. The highest BCUT2D eigenvalue weighted by Crippen LogP contribution is 2.50. The Labute approximate surface area is 135 Å². The summed E-state index contributed by atoms with van der Waals surface area (Å²) in [5.74, 6) is 1.50. The lowest BCUT2D eigenvalue weighted by Crippen LogP contribution is -2.21. The number of halogens is 1. The minimum Gasteiger partial charge on any atom is -0.305 e. The minimum atomic E-state index is -0.132. The van der Waals surface area contributed by atoms with Crippen molar-refractivity contribution in [2.75, 3.05) is 20.6 Å². The minimum absolute atomic E-state index is 0.132. The highest BCUT2D eigenvalue weighted by molar-refractivity contribution is 7.20. The number of hydrogen-bond donors (Lipinski definition) is 0. The third-order valence-electron chi connectivity index (χ3n) is 5.12. The molecule has 1 nitrogen and oxygen atoms in total. The van der Waals surface area contributed by atoms with E-state index >= 15 is 0 Å². The zero-order chi connectivity index (χ0) is 15.3. The number of nitrogens with zero attached hydrogens (tertiary/aromatic N) is 1. The molecule has 2 aliphatic rings. The molecule has 2 atom stereocenters. The van der Waals surface area contributed by atoms with Crippen molar-refractivity contribution in [3.8, 4) is 0 Å². The van der Waals surface area contributed by atoms with Gasteiger partial charge in [-0.2, -0.15) is 0 Å². The maximum absolute atomic E-state index is 13.5. The van der Waals surface area contributed by atoms with E-state index < -0.39 is 0 Å². The van der Waals surface area contributed by atoms with Crippen molar-refractivity contribution >= 4 is 27.0 Å². The van der Waals surface area contributed by atoms with Crippen LogP contribution in [0.5, 0.6) is 0 Å². The summed E-state index contributed by atoms with van der Waals surface area (Å²) in [5.41, 5.74) is 3.21.